The number of benzene rings is 1. The van der Waals surface area contributed by atoms with Crippen LogP contribution in [0.15, 0.2) is 36.4 Å². The molecular formula is C21H28N4O. The lowest BCUT2D eigenvalue weighted by atomic mass is 9.87. The molecule has 1 aromatic heterocycles. The van der Waals surface area contributed by atoms with Crippen LogP contribution in [-0.2, 0) is 5.41 Å². The minimum Gasteiger partial charge on any atom is -0.355 e. The Morgan fingerprint density at radius 1 is 1.12 bits per heavy atom. The SMILES string of the molecule is CC1CCCN(c2ccc(NC(=O)c3ccc(C(C)(C)C)cc3)nn2)C1. The van der Waals surface area contributed by atoms with Gasteiger partial charge in [-0.05, 0) is 54.0 Å². The molecule has 5 heteroatoms. The van der Waals surface area contributed by atoms with E-state index in [0.29, 0.717) is 17.3 Å². The first-order valence-electron chi connectivity index (χ1n) is 9.33. The molecule has 2 heterocycles. The van der Waals surface area contributed by atoms with E-state index in [1.807, 2.05) is 36.4 Å². The average Bonchev–Trinajstić information content (AvgIpc) is 2.62. The van der Waals surface area contributed by atoms with E-state index < -0.39 is 0 Å². The highest BCUT2D eigenvalue weighted by Gasteiger charge is 2.18. The topological polar surface area (TPSA) is 58.1 Å². The van der Waals surface area contributed by atoms with Gasteiger partial charge in [-0.2, -0.15) is 0 Å². The van der Waals surface area contributed by atoms with Crippen LogP contribution in [0.4, 0.5) is 11.6 Å². The van der Waals surface area contributed by atoms with Gasteiger partial charge < -0.3 is 10.2 Å². The van der Waals surface area contributed by atoms with Crippen molar-refractivity contribution in [1.29, 1.82) is 0 Å². The summed E-state index contributed by atoms with van der Waals surface area (Å²) in [6, 6.07) is 11.5. The summed E-state index contributed by atoms with van der Waals surface area (Å²) in [4.78, 5) is 14.7. The van der Waals surface area contributed by atoms with Crippen LogP contribution in [0.25, 0.3) is 0 Å². The summed E-state index contributed by atoms with van der Waals surface area (Å²) < 4.78 is 0. The minimum absolute atomic E-state index is 0.0717. The summed E-state index contributed by atoms with van der Waals surface area (Å²) in [6.45, 7) is 10.8. The predicted octanol–water partition coefficient (Wildman–Crippen LogP) is 4.26. The molecule has 1 saturated heterocycles. The number of nitrogens with one attached hydrogen (secondary N) is 1. The third-order valence-corrected chi connectivity index (χ3v) is 4.89. The van der Waals surface area contributed by atoms with Crippen LogP contribution < -0.4 is 10.2 Å². The highest BCUT2D eigenvalue weighted by Crippen LogP contribution is 2.23. The Hall–Kier alpha value is -2.43. The van der Waals surface area contributed by atoms with Gasteiger partial charge in [0.2, 0.25) is 0 Å². The number of carbonyl (C=O) groups is 1. The molecule has 0 aliphatic carbocycles. The Balaban J connectivity index is 1.64. The van der Waals surface area contributed by atoms with Gasteiger partial charge in [0.05, 0.1) is 0 Å². The van der Waals surface area contributed by atoms with Crippen LogP contribution >= 0.6 is 0 Å². The van der Waals surface area contributed by atoms with Crippen molar-refractivity contribution in [3.8, 4) is 0 Å². The van der Waals surface area contributed by atoms with Crippen LogP contribution in [0, 0.1) is 5.92 Å². The molecule has 0 radical (unpaired) electrons. The maximum Gasteiger partial charge on any atom is 0.256 e. The molecule has 1 aliphatic rings. The number of amides is 1. The molecule has 2 aromatic rings. The molecule has 0 spiro atoms. The Kier molecular flexibility index (Phi) is 5.25. The molecule has 0 bridgehead atoms. The highest BCUT2D eigenvalue weighted by atomic mass is 16.1. The molecule has 1 N–H and O–H groups in total. The van der Waals surface area contributed by atoms with E-state index >= 15 is 0 Å². The van der Waals surface area contributed by atoms with Gasteiger partial charge in [0.1, 0.15) is 0 Å². The first-order valence-corrected chi connectivity index (χ1v) is 9.33. The minimum atomic E-state index is -0.167. The molecule has 3 rings (SSSR count). The number of piperidine rings is 1. The standard InChI is InChI=1S/C21H28N4O/c1-15-6-5-13-25(14-15)19-12-11-18(23-24-19)22-20(26)16-7-9-17(10-8-16)21(2,3)4/h7-12,15H,5-6,13-14H2,1-4H3,(H,22,23,26). The summed E-state index contributed by atoms with van der Waals surface area (Å²) in [5.41, 5.74) is 1.89. The number of aromatic nitrogens is 2. The number of anilines is 2. The summed E-state index contributed by atoms with van der Waals surface area (Å²) >= 11 is 0. The van der Waals surface area contributed by atoms with Gasteiger partial charge in [0.15, 0.2) is 11.6 Å². The molecule has 26 heavy (non-hydrogen) atoms. The molecule has 1 aliphatic heterocycles. The van der Waals surface area contributed by atoms with Crippen molar-refractivity contribution >= 4 is 17.5 Å². The van der Waals surface area contributed by atoms with Gasteiger partial charge in [0, 0.05) is 18.7 Å². The van der Waals surface area contributed by atoms with Crippen molar-refractivity contribution in [2.24, 2.45) is 5.92 Å². The maximum atomic E-state index is 12.4. The van der Waals surface area contributed by atoms with Gasteiger partial charge in [-0.15, -0.1) is 10.2 Å². The fourth-order valence-electron chi connectivity index (χ4n) is 3.27. The van der Waals surface area contributed by atoms with E-state index in [1.165, 1.54) is 18.4 Å². The van der Waals surface area contributed by atoms with Gasteiger partial charge in [-0.3, -0.25) is 4.79 Å². The molecule has 1 atom stereocenters. The molecule has 1 fully saturated rings. The summed E-state index contributed by atoms with van der Waals surface area (Å²) in [6.07, 6.45) is 2.46. The number of hydrogen-bond acceptors (Lipinski definition) is 4. The van der Waals surface area contributed by atoms with Crippen LogP contribution in [-0.4, -0.2) is 29.2 Å². The van der Waals surface area contributed by atoms with Crippen LogP contribution in [0.2, 0.25) is 0 Å². The van der Waals surface area contributed by atoms with Crippen molar-refractivity contribution in [2.45, 2.75) is 46.0 Å². The van der Waals surface area contributed by atoms with E-state index in [9.17, 15) is 4.79 Å². The normalized spacial score (nSPS) is 17.8. The fraction of sp³-hybridized carbons (Fsp3) is 0.476. The molecular weight excluding hydrogens is 324 g/mol. The van der Waals surface area contributed by atoms with E-state index in [2.05, 4.69) is 48.1 Å². The van der Waals surface area contributed by atoms with Gasteiger partial charge in [-0.1, -0.05) is 39.8 Å². The molecule has 1 unspecified atom stereocenters. The lowest BCUT2D eigenvalue weighted by molar-refractivity contribution is 0.102. The maximum absolute atomic E-state index is 12.4. The lowest BCUT2D eigenvalue weighted by Gasteiger charge is -2.31. The zero-order valence-corrected chi connectivity index (χ0v) is 16.1. The number of hydrogen-bond donors (Lipinski definition) is 1. The summed E-state index contributed by atoms with van der Waals surface area (Å²) in [5.74, 6) is 1.87. The van der Waals surface area contributed by atoms with E-state index in [0.717, 1.165) is 18.9 Å². The Labute approximate surface area is 155 Å². The number of nitrogens with zero attached hydrogens (tertiary/aromatic N) is 3. The van der Waals surface area contributed by atoms with E-state index in [-0.39, 0.29) is 11.3 Å². The first kappa shape index (κ1) is 18.4. The predicted molar refractivity (Wildman–Crippen MR) is 106 cm³/mol. The molecule has 0 saturated carbocycles. The third kappa shape index (κ3) is 4.40. The molecule has 1 amide bonds. The average molecular weight is 352 g/mol. The monoisotopic (exact) mass is 352 g/mol. The van der Waals surface area contributed by atoms with Crippen molar-refractivity contribution < 1.29 is 4.79 Å². The van der Waals surface area contributed by atoms with Crippen molar-refractivity contribution in [3.05, 3.63) is 47.5 Å². The van der Waals surface area contributed by atoms with Crippen molar-refractivity contribution in [2.75, 3.05) is 23.3 Å². The second kappa shape index (κ2) is 7.44. The molecule has 5 nitrogen and oxygen atoms in total. The Bertz CT molecular complexity index is 747. The van der Waals surface area contributed by atoms with Crippen LogP contribution in [0.3, 0.4) is 0 Å². The summed E-state index contributed by atoms with van der Waals surface area (Å²) in [5, 5.41) is 11.3. The van der Waals surface area contributed by atoms with Gasteiger partial charge >= 0.3 is 0 Å². The second-order valence-corrected chi connectivity index (χ2v) is 8.25. The smallest absolute Gasteiger partial charge is 0.256 e. The fourth-order valence-corrected chi connectivity index (χ4v) is 3.27. The van der Waals surface area contributed by atoms with Crippen LogP contribution in [0.1, 0.15) is 56.5 Å². The molecule has 138 valence electrons. The van der Waals surface area contributed by atoms with Crippen molar-refractivity contribution in [1.82, 2.24) is 10.2 Å². The lowest BCUT2D eigenvalue weighted by Crippen LogP contribution is -2.34. The quantitative estimate of drug-likeness (QED) is 0.896. The van der Waals surface area contributed by atoms with E-state index in [4.69, 9.17) is 0 Å². The third-order valence-electron chi connectivity index (χ3n) is 4.89. The Morgan fingerprint density at radius 2 is 1.85 bits per heavy atom. The Morgan fingerprint density at radius 3 is 2.42 bits per heavy atom. The number of rotatable bonds is 3. The van der Waals surface area contributed by atoms with Crippen molar-refractivity contribution in [3.63, 3.8) is 0 Å². The van der Waals surface area contributed by atoms with E-state index in [1.54, 1.807) is 0 Å². The molecule has 1 aromatic carbocycles. The number of carbonyl (C=O) groups excluding carboxylic acids is 1. The zero-order valence-electron chi connectivity index (χ0n) is 16.1. The summed E-state index contributed by atoms with van der Waals surface area (Å²) in [7, 11) is 0. The zero-order chi connectivity index (χ0) is 18.7. The van der Waals surface area contributed by atoms with Crippen LogP contribution in [0.5, 0.6) is 0 Å². The van der Waals surface area contributed by atoms with Gasteiger partial charge in [-0.25, -0.2) is 0 Å². The second-order valence-electron chi connectivity index (χ2n) is 8.25. The highest BCUT2D eigenvalue weighted by molar-refractivity contribution is 6.03. The van der Waals surface area contributed by atoms with Gasteiger partial charge in [0.25, 0.3) is 5.91 Å². The largest absolute Gasteiger partial charge is 0.355 e. The first-order chi connectivity index (χ1) is 12.3.